The first-order valence-corrected chi connectivity index (χ1v) is 15.0. The van der Waals surface area contributed by atoms with Crippen molar-refractivity contribution in [2.45, 2.75) is 32.4 Å². The fraction of sp³-hybridized carbons (Fsp3) is 0.235. The van der Waals surface area contributed by atoms with E-state index in [9.17, 15) is 14.9 Å². The maximum atomic E-state index is 14.5. The van der Waals surface area contributed by atoms with Gasteiger partial charge in [-0.2, -0.15) is 15.3 Å². The third-order valence-electron chi connectivity index (χ3n) is 7.94. The molecule has 1 atom stereocenters. The molecule has 0 aliphatic carbocycles. The Bertz CT molecular complexity index is 2080. The molecule has 0 bridgehead atoms. The summed E-state index contributed by atoms with van der Waals surface area (Å²) >= 11 is 6.61. The molecular weight excluding hydrogens is 622 g/mol. The summed E-state index contributed by atoms with van der Waals surface area (Å²) in [6, 6.07) is 17.2. The van der Waals surface area contributed by atoms with Crippen molar-refractivity contribution >= 4 is 23.2 Å². The number of amides is 1. The number of hydrogen-bond donors (Lipinski definition) is 0. The molecular formula is C34H30ClN7O5. The molecule has 0 radical (unpaired) electrons. The van der Waals surface area contributed by atoms with Gasteiger partial charge in [0.1, 0.15) is 17.1 Å². The van der Waals surface area contributed by atoms with Gasteiger partial charge in [0, 0.05) is 11.8 Å². The predicted octanol–water partition coefficient (Wildman–Crippen LogP) is 5.30. The molecule has 238 valence electrons. The Labute approximate surface area is 275 Å². The lowest BCUT2D eigenvalue weighted by Gasteiger charge is -2.28. The Balaban J connectivity index is 1.55. The molecule has 0 spiro atoms. The van der Waals surface area contributed by atoms with E-state index in [1.165, 1.54) is 35.9 Å². The van der Waals surface area contributed by atoms with E-state index in [0.717, 1.165) is 5.56 Å². The lowest BCUT2D eigenvalue weighted by Crippen LogP contribution is -2.36. The number of nitrogens with zero attached hydrogens (tertiary/aromatic N) is 7. The summed E-state index contributed by atoms with van der Waals surface area (Å²) in [4.78, 5) is 38.7. The summed E-state index contributed by atoms with van der Waals surface area (Å²) in [5.74, 6) is 0.252. The van der Waals surface area contributed by atoms with Crippen LogP contribution in [-0.2, 0) is 6.54 Å². The molecule has 47 heavy (non-hydrogen) atoms. The zero-order valence-electron chi connectivity index (χ0n) is 26.3. The SMILES string of the molecule is COc1ccc(Cn2cc(Cl)cc(N3C(=O)c4nn(-c5cnc(OC)nc5OC)c(C(C)C)c4C3c3ccc(C#N)cc3)c2=O)cc1. The van der Waals surface area contributed by atoms with Gasteiger partial charge in [-0.15, -0.1) is 0 Å². The van der Waals surface area contributed by atoms with Crippen LogP contribution < -0.4 is 24.7 Å². The summed E-state index contributed by atoms with van der Waals surface area (Å²) in [5.41, 5.74) is 3.52. The molecule has 1 amide bonds. The number of hydrogen-bond acceptors (Lipinski definition) is 9. The highest BCUT2D eigenvalue weighted by atomic mass is 35.5. The van der Waals surface area contributed by atoms with Gasteiger partial charge in [0.15, 0.2) is 5.69 Å². The highest BCUT2D eigenvalue weighted by molar-refractivity contribution is 6.30. The van der Waals surface area contributed by atoms with Crippen LogP contribution in [-0.4, -0.2) is 51.6 Å². The summed E-state index contributed by atoms with van der Waals surface area (Å²) in [6.07, 6.45) is 3.07. The van der Waals surface area contributed by atoms with Crippen molar-refractivity contribution < 1.29 is 19.0 Å². The van der Waals surface area contributed by atoms with Crippen molar-refractivity contribution in [3.05, 3.63) is 116 Å². The quantitative estimate of drug-likeness (QED) is 0.208. The number of anilines is 1. The van der Waals surface area contributed by atoms with E-state index >= 15 is 0 Å². The molecule has 0 saturated heterocycles. The number of carbonyl (C=O) groups is 1. The number of pyridine rings is 1. The van der Waals surface area contributed by atoms with Crippen molar-refractivity contribution in [3.8, 4) is 29.4 Å². The number of aromatic nitrogens is 5. The van der Waals surface area contributed by atoms with E-state index in [2.05, 4.69) is 16.0 Å². The number of fused-ring (bicyclic) bond motifs is 1. The largest absolute Gasteiger partial charge is 0.497 e. The van der Waals surface area contributed by atoms with Crippen LogP contribution in [0.5, 0.6) is 17.6 Å². The van der Waals surface area contributed by atoms with Gasteiger partial charge in [-0.1, -0.05) is 49.7 Å². The van der Waals surface area contributed by atoms with E-state index in [-0.39, 0.29) is 40.8 Å². The second-order valence-electron chi connectivity index (χ2n) is 11.1. The summed E-state index contributed by atoms with van der Waals surface area (Å²) in [7, 11) is 4.51. The van der Waals surface area contributed by atoms with Crippen LogP contribution in [0, 0.1) is 11.3 Å². The Kier molecular flexibility index (Phi) is 8.40. The topological polar surface area (TPSA) is 137 Å². The molecule has 1 aliphatic rings. The van der Waals surface area contributed by atoms with Crippen LogP contribution >= 0.6 is 11.6 Å². The highest BCUT2D eigenvalue weighted by Crippen LogP contribution is 2.45. The molecule has 0 fully saturated rings. The van der Waals surface area contributed by atoms with Gasteiger partial charge in [-0.3, -0.25) is 14.5 Å². The van der Waals surface area contributed by atoms with Gasteiger partial charge in [0.25, 0.3) is 11.5 Å². The lowest BCUT2D eigenvalue weighted by atomic mass is 9.94. The van der Waals surface area contributed by atoms with Crippen LogP contribution in [0.2, 0.25) is 5.02 Å². The van der Waals surface area contributed by atoms with Crippen LogP contribution in [0.4, 0.5) is 5.69 Å². The number of ether oxygens (including phenoxy) is 3. The van der Waals surface area contributed by atoms with E-state index in [1.54, 1.807) is 42.3 Å². The molecule has 2 aromatic carbocycles. The molecule has 1 unspecified atom stereocenters. The molecule has 6 rings (SSSR count). The Hall–Kier alpha value is -5.67. The standard InChI is InChI=1S/C34H30ClN7O5/c1-19(2)29-27-28(39-42(29)26-16-37-34(47-5)38-31(26)46-4)33(44)41(30(27)22-10-6-20(15-36)7-11-22)25-14-23(35)18-40(32(25)43)17-21-8-12-24(45-3)13-9-21/h6-14,16,18-19,30H,17H2,1-5H3. The number of halogens is 1. The first kappa shape index (κ1) is 31.3. The average Bonchev–Trinajstić information content (AvgIpc) is 3.61. The predicted molar refractivity (Wildman–Crippen MR) is 174 cm³/mol. The minimum absolute atomic E-state index is 0.0926. The number of rotatable bonds is 9. The minimum Gasteiger partial charge on any atom is -0.497 e. The van der Waals surface area contributed by atoms with E-state index in [1.807, 2.05) is 38.1 Å². The zero-order valence-corrected chi connectivity index (χ0v) is 27.0. The van der Waals surface area contributed by atoms with Gasteiger partial charge in [-0.05, 0) is 47.4 Å². The third kappa shape index (κ3) is 5.55. The van der Waals surface area contributed by atoms with Crippen LogP contribution in [0.1, 0.15) is 64.2 Å². The summed E-state index contributed by atoms with van der Waals surface area (Å²) in [5, 5.41) is 14.5. The van der Waals surface area contributed by atoms with E-state index in [0.29, 0.717) is 33.8 Å². The number of carbonyl (C=O) groups excluding carboxylic acids is 1. The Morgan fingerprint density at radius 1 is 0.979 bits per heavy atom. The smallest absolute Gasteiger partial charge is 0.319 e. The molecule has 1 aliphatic heterocycles. The Morgan fingerprint density at radius 3 is 2.32 bits per heavy atom. The minimum atomic E-state index is -0.776. The fourth-order valence-corrected chi connectivity index (χ4v) is 6.04. The first-order valence-electron chi connectivity index (χ1n) is 14.6. The van der Waals surface area contributed by atoms with Crippen LogP contribution in [0.3, 0.4) is 0 Å². The van der Waals surface area contributed by atoms with E-state index in [4.69, 9.17) is 30.9 Å². The molecule has 3 aromatic heterocycles. The number of methoxy groups -OCH3 is 3. The summed E-state index contributed by atoms with van der Waals surface area (Å²) in [6.45, 7) is 4.18. The van der Waals surface area contributed by atoms with Gasteiger partial charge in [-0.25, -0.2) is 9.67 Å². The van der Waals surface area contributed by atoms with Crippen molar-refractivity contribution in [1.29, 1.82) is 5.26 Å². The molecule has 12 nitrogen and oxygen atoms in total. The molecule has 0 saturated carbocycles. The lowest BCUT2D eigenvalue weighted by molar-refractivity contribution is 0.0987. The molecule has 4 heterocycles. The first-order chi connectivity index (χ1) is 22.7. The average molecular weight is 652 g/mol. The molecule has 0 N–H and O–H groups in total. The normalized spacial score (nSPS) is 13.9. The van der Waals surface area contributed by atoms with Gasteiger partial charge >= 0.3 is 6.01 Å². The second-order valence-corrected chi connectivity index (χ2v) is 11.5. The number of benzene rings is 2. The zero-order chi connectivity index (χ0) is 33.4. The fourth-order valence-electron chi connectivity index (χ4n) is 5.81. The molecule has 13 heteroatoms. The van der Waals surface area contributed by atoms with Crippen molar-refractivity contribution in [2.75, 3.05) is 26.2 Å². The van der Waals surface area contributed by atoms with Gasteiger partial charge in [0.05, 0.1) is 62.5 Å². The van der Waals surface area contributed by atoms with Crippen molar-refractivity contribution in [1.82, 2.24) is 24.3 Å². The van der Waals surface area contributed by atoms with Crippen molar-refractivity contribution in [3.63, 3.8) is 0 Å². The van der Waals surface area contributed by atoms with Gasteiger partial charge in [0.2, 0.25) is 5.88 Å². The van der Waals surface area contributed by atoms with Gasteiger partial charge < -0.3 is 18.8 Å². The van der Waals surface area contributed by atoms with E-state index < -0.39 is 17.5 Å². The number of nitriles is 1. The monoisotopic (exact) mass is 651 g/mol. The molecule has 5 aromatic rings. The van der Waals surface area contributed by atoms with Crippen LogP contribution in [0.25, 0.3) is 5.69 Å². The van der Waals surface area contributed by atoms with Crippen molar-refractivity contribution in [2.24, 2.45) is 0 Å². The van der Waals surface area contributed by atoms with Crippen LogP contribution in [0.15, 0.2) is 71.8 Å². The highest BCUT2D eigenvalue weighted by Gasteiger charge is 2.46. The maximum Gasteiger partial charge on any atom is 0.319 e. The Morgan fingerprint density at radius 2 is 1.70 bits per heavy atom. The third-order valence-corrected chi connectivity index (χ3v) is 8.14. The maximum absolute atomic E-state index is 14.5. The summed E-state index contributed by atoms with van der Waals surface area (Å²) < 4.78 is 19.1. The second kappa shape index (κ2) is 12.6.